The molecule has 0 fully saturated rings. The van der Waals surface area contributed by atoms with Crippen molar-refractivity contribution < 1.29 is 21.9 Å². The molecule has 1 aliphatic rings. The Hall–Kier alpha value is -1.71. The van der Waals surface area contributed by atoms with Gasteiger partial charge in [0, 0.05) is 12.5 Å². The quantitative estimate of drug-likeness (QED) is 0.874. The molecule has 2 aromatic rings. The summed E-state index contributed by atoms with van der Waals surface area (Å²) in [5.41, 5.74) is 8.63. The molecule has 2 aromatic carbocycles. The van der Waals surface area contributed by atoms with Gasteiger partial charge in [0.25, 0.3) is 0 Å². The second-order valence-corrected chi connectivity index (χ2v) is 5.05. The van der Waals surface area contributed by atoms with Gasteiger partial charge in [-0.15, -0.1) is 0 Å². The molecule has 0 bridgehead atoms. The van der Waals surface area contributed by atoms with Gasteiger partial charge in [0.15, 0.2) is 11.5 Å². The van der Waals surface area contributed by atoms with E-state index in [9.17, 15) is 0 Å². The number of fused-ring (bicyclic) bond motifs is 1. The molecule has 1 atom stereocenters. The summed E-state index contributed by atoms with van der Waals surface area (Å²) in [6.45, 7) is 1.41. The first-order valence-electron chi connectivity index (χ1n) is 7.02. The average Bonchev–Trinajstić information content (AvgIpc) is 2.72. The highest BCUT2D eigenvalue weighted by Gasteiger charge is 2.14. The first kappa shape index (κ1) is 15.7. The monoisotopic (exact) mass is 304 g/mol. The van der Waals surface area contributed by atoms with Crippen LogP contribution in [0.15, 0.2) is 48.5 Å². The molecule has 0 saturated heterocycles. The molecule has 0 saturated carbocycles. The van der Waals surface area contributed by atoms with Gasteiger partial charge in [-0.3, -0.25) is 0 Å². The van der Waals surface area contributed by atoms with Gasteiger partial charge in [-0.2, -0.15) is 0 Å². The Bertz CT molecular complexity index is 574. The molecule has 0 amide bonds. The van der Waals surface area contributed by atoms with E-state index in [-0.39, 0.29) is 18.4 Å². The van der Waals surface area contributed by atoms with Crippen molar-refractivity contribution in [1.82, 2.24) is 0 Å². The zero-order valence-corrected chi connectivity index (χ0v) is 12.6. The minimum Gasteiger partial charge on any atom is -1.00 e. The van der Waals surface area contributed by atoms with Crippen LogP contribution in [0.25, 0.3) is 0 Å². The summed E-state index contributed by atoms with van der Waals surface area (Å²) in [6.07, 6.45) is 1.74. The van der Waals surface area contributed by atoms with Crippen LogP contribution in [-0.2, 0) is 6.42 Å². The molecule has 0 aromatic heterocycles. The molecule has 0 aliphatic carbocycles. The number of hydrogen-bond acceptors (Lipinski definition) is 3. The number of hydrogen-bond donors (Lipinski definition) is 1. The summed E-state index contributed by atoms with van der Waals surface area (Å²) in [6, 6.07) is 16.3. The van der Waals surface area contributed by atoms with Crippen molar-refractivity contribution in [2.45, 2.75) is 18.9 Å². The van der Waals surface area contributed by atoms with E-state index in [1.54, 1.807) is 0 Å². The van der Waals surface area contributed by atoms with Crippen molar-refractivity contribution >= 4 is 0 Å². The van der Waals surface area contributed by atoms with Crippen LogP contribution in [0.3, 0.4) is 0 Å². The Morgan fingerprint density at radius 3 is 2.43 bits per heavy atom. The molecule has 2 N–H and O–H groups in total. The van der Waals surface area contributed by atoms with E-state index in [1.807, 2.05) is 36.4 Å². The predicted octanol–water partition coefficient (Wildman–Crippen LogP) is 0.0944. The minimum absolute atomic E-state index is 0. The largest absolute Gasteiger partial charge is 1.00 e. The van der Waals surface area contributed by atoms with Crippen LogP contribution in [-0.4, -0.2) is 13.2 Å². The van der Waals surface area contributed by atoms with Gasteiger partial charge >= 0.3 is 0 Å². The smallest absolute Gasteiger partial charge is 0.161 e. The Balaban J connectivity index is 0.00000161. The number of ether oxygens (including phenoxy) is 2. The van der Waals surface area contributed by atoms with E-state index in [2.05, 4.69) is 12.1 Å². The van der Waals surface area contributed by atoms with Crippen LogP contribution < -0.4 is 27.6 Å². The van der Waals surface area contributed by atoms with E-state index in [4.69, 9.17) is 15.2 Å². The van der Waals surface area contributed by atoms with Gasteiger partial charge in [0.2, 0.25) is 0 Å². The van der Waals surface area contributed by atoms with Crippen molar-refractivity contribution in [2.75, 3.05) is 13.2 Å². The van der Waals surface area contributed by atoms with E-state index < -0.39 is 0 Å². The highest BCUT2D eigenvalue weighted by atomic mass is 35.5. The van der Waals surface area contributed by atoms with Gasteiger partial charge < -0.3 is 27.6 Å². The SMILES string of the molecule is NC(Cc1ccccc1)c1ccc2c(c1)OCCCO2.[Cl-]. The molecule has 0 spiro atoms. The molecule has 112 valence electrons. The topological polar surface area (TPSA) is 44.5 Å². The average molecular weight is 305 g/mol. The summed E-state index contributed by atoms with van der Waals surface area (Å²) in [4.78, 5) is 0. The van der Waals surface area contributed by atoms with Crippen LogP contribution in [0.5, 0.6) is 11.5 Å². The third kappa shape index (κ3) is 3.90. The maximum Gasteiger partial charge on any atom is 0.161 e. The Morgan fingerprint density at radius 2 is 1.67 bits per heavy atom. The fourth-order valence-corrected chi connectivity index (χ4v) is 2.40. The zero-order valence-electron chi connectivity index (χ0n) is 11.8. The van der Waals surface area contributed by atoms with E-state index in [0.29, 0.717) is 13.2 Å². The summed E-state index contributed by atoms with van der Waals surface area (Å²) in [5.74, 6) is 1.63. The van der Waals surface area contributed by atoms with E-state index in [1.165, 1.54) is 5.56 Å². The lowest BCUT2D eigenvalue weighted by atomic mass is 9.99. The lowest BCUT2D eigenvalue weighted by molar-refractivity contribution is -0.00000504. The van der Waals surface area contributed by atoms with Crippen molar-refractivity contribution in [2.24, 2.45) is 5.73 Å². The fourth-order valence-electron chi connectivity index (χ4n) is 2.40. The van der Waals surface area contributed by atoms with Crippen molar-refractivity contribution in [3.8, 4) is 11.5 Å². The fraction of sp³-hybridized carbons (Fsp3) is 0.294. The number of nitrogens with two attached hydrogens (primary N) is 1. The van der Waals surface area contributed by atoms with Crippen molar-refractivity contribution in [3.63, 3.8) is 0 Å². The second kappa shape index (κ2) is 7.34. The maximum atomic E-state index is 6.30. The minimum atomic E-state index is -0.0328. The van der Waals surface area contributed by atoms with Crippen LogP contribution in [0.2, 0.25) is 0 Å². The molecule has 0 radical (unpaired) electrons. The lowest BCUT2D eigenvalue weighted by Crippen LogP contribution is -3.00. The first-order valence-corrected chi connectivity index (χ1v) is 7.02. The predicted molar refractivity (Wildman–Crippen MR) is 79.1 cm³/mol. The molecule has 3 rings (SSSR count). The standard InChI is InChI=1S/C17H19NO2.ClH/c18-15(11-13-5-2-1-3-6-13)14-7-8-16-17(12-14)20-10-4-9-19-16;/h1-3,5-8,12,15H,4,9-11,18H2;1H/p-1. The van der Waals surface area contributed by atoms with Gasteiger partial charge in [-0.1, -0.05) is 36.4 Å². The third-order valence-electron chi connectivity index (χ3n) is 3.50. The maximum absolute atomic E-state index is 6.30. The summed E-state index contributed by atoms with van der Waals surface area (Å²) < 4.78 is 11.3. The summed E-state index contributed by atoms with van der Waals surface area (Å²) >= 11 is 0. The molecule has 4 heteroatoms. The highest BCUT2D eigenvalue weighted by Crippen LogP contribution is 2.32. The van der Waals surface area contributed by atoms with Gasteiger partial charge in [-0.25, -0.2) is 0 Å². The normalized spacial score (nSPS) is 14.7. The third-order valence-corrected chi connectivity index (χ3v) is 3.50. The molecular formula is C17H19ClNO2-. The van der Waals surface area contributed by atoms with Crippen molar-refractivity contribution in [1.29, 1.82) is 0 Å². The molecule has 1 aliphatic heterocycles. The van der Waals surface area contributed by atoms with Crippen LogP contribution >= 0.6 is 0 Å². The summed E-state index contributed by atoms with van der Waals surface area (Å²) in [5, 5.41) is 0. The van der Waals surface area contributed by atoms with Gasteiger partial charge in [0.1, 0.15) is 0 Å². The second-order valence-electron chi connectivity index (χ2n) is 5.05. The Kier molecular flexibility index (Phi) is 5.48. The highest BCUT2D eigenvalue weighted by molar-refractivity contribution is 5.44. The van der Waals surface area contributed by atoms with Crippen LogP contribution in [0, 0.1) is 0 Å². The lowest BCUT2D eigenvalue weighted by Gasteiger charge is -2.15. The van der Waals surface area contributed by atoms with Crippen LogP contribution in [0.1, 0.15) is 23.6 Å². The molecule has 3 nitrogen and oxygen atoms in total. The number of halogens is 1. The molecule has 1 unspecified atom stereocenters. The van der Waals surface area contributed by atoms with E-state index >= 15 is 0 Å². The molecular weight excluding hydrogens is 286 g/mol. The van der Waals surface area contributed by atoms with Crippen LogP contribution in [0.4, 0.5) is 0 Å². The van der Waals surface area contributed by atoms with E-state index in [0.717, 1.165) is 29.9 Å². The zero-order chi connectivity index (χ0) is 13.8. The van der Waals surface area contributed by atoms with Gasteiger partial charge in [-0.05, 0) is 29.7 Å². The Labute approximate surface area is 131 Å². The number of rotatable bonds is 3. The molecule has 21 heavy (non-hydrogen) atoms. The number of benzene rings is 2. The molecule has 1 heterocycles. The van der Waals surface area contributed by atoms with Crippen molar-refractivity contribution in [3.05, 3.63) is 59.7 Å². The first-order chi connectivity index (χ1) is 9.83. The summed E-state index contributed by atoms with van der Waals surface area (Å²) in [7, 11) is 0. The Morgan fingerprint density at radius 1 is 0.952 bits per heavy atom. The van der Waals surface area contributed by atoms with Gasteiger partial charge in [0.05, 0.1) is 13.2 Å².